The summed E-state index contributed by atoms with van der Waals surface area (Å²) in [5, 5.41) is 3.33. The van der Waals surface area contributed by atoms with E-state index in [1.54, 1.807) is 37.3 Å². The number of rotatable bonds is 7. The van der Waals surface area contributed by atoms with E-state index in [2.05, 4.69) is 5.32 Å². The van der Waals surface area contributed by atoms with Crippen molar-refractivity contribution in [2.45, 2.75) is 45.8 Å². The highest BCUT2D eigenvalue weighted by Crippen LogP contribution is 2.38. The van der Waals surface area contributed by atoms with E-state index in [-0.39, 0.29) is 23.5 Å². The van der Waals surface area contributed by atoms with E-state index >= 15 is 0 Å². The number of nitrogens with zero attached hydrogens (tertiary/aromatic N) is 1. The van der Waals surface area contributed by atoms with Crippen molar-refractivity contribution in [3.8, 4) is 5.75 Å². The van der Waals surface area contributed by atoms with Gasteiger partial charge in [-0.25, -0.2) is 4.39 Å². The summed E-state index contributed by atoms with van der Waals surface area (Å²) in [4.78, 5) is 27.7. The summed E-state index contributed by atoms with van der Waals surface area (Å²) in [5.74, 6) is 0.0770. The molecule has 3 aromatic carbocycles. The van der Waals surface area contributed by atoms with Crippen LogP contribution in [-0.4, -0.2) is 29.4 Å². The van der Waals surface area contributed by atoms with Crippen molar-refractivity contribution in [1.29, 1.82) is 0 Å². The molecule has 0 aliphatic carbocycles. The predicted molar refractivity (Wildman–Crippen MR) is 140 cm³/mol. The molecule has 7 heteroatoms. The van der Waals surface area contributed by atoms with Crippen LogP contribution < -0.4 is 10.1 Å². The van der Waals surface area contributed by atoms with Gasteiger partial charge < -0.3 is 15.0 Å². The van der Waals surface area contributed by atoms with Crippen molar-refractivity contribution >= 4 is 29.1 Å². The lowest BCUT2D eigenvalue weighted by atomic mass is 9.87. The molecule has 1 aliphatic heterocycles. The molecular weight excluding hydrogens is 479 g/mol. The van der Waals surface area contributed by atoms with Crippen LogP contribution in [0.2, 0.25) is 5.02 Å². The zero-order valence-electron chi connectivity index (χ0n) is 20.6. The van der Waals surface area contributed by atoms with Crippen LogP contribution in [0.25, 0.3) is 0 Å². The molecule has 1 heterocycles. The average Bonchev–Trinajstić information content (AvgIpc) is 2.82. The molecular formula is C29H30ClFN2O3. The Labute approximate surface area is 216 Å². The molecule has 0 radical (unpaired) electrons. The lowest BCUT2D eigenvalue weighted by Gasteiger charge is -2.38. The van der Waals surface area contributed by atoms with Gasteiger partial charge in [-0.05, 0) is 78.4 Å². The number of nitrogens with one attached hydrogen (secondary N) is 1. The Hall–Kier alpha value is -3.38. The van der Waals surface area contributed by atoms with Crippen LogP contribution in [0, 0.1) is 11.7 Å². The highest BCUT2D eigenvalue weighted by atomic mass is 35.5. The molecule has 188 valence electrons. The van der Waals surface area contributed by atoms with Gasteiger partial charge in [-0.15, -0.1) is 0 Å². The van der Waals surface area contributed by atoms with Gasteiger partial charge in [0.25, 0.3) is 5.91 Å². The fourth-order valence-corrected chi connectivity index (χ4v) is 4.70. The minimum absolute atomic E-state index is 0.0329. The number of amides is 2. The number of ether oxygens (including phenoxy) is 1. The Morgan fingerprint density at radius 3 is 2.58 bits per heavy atom. The minimum Gasteiger partial charge on any atom is -0.481 e. The van der Waals surface area contributed by atoms with E-state index in [4.69, 9.17) is 16.3 Å². The number of halogens is 2. The van der Waals surface area contributed by atoms with E-state index < -0.39 is 12.1 Å². The van der Waals surface area contributed by atoms with Crippen LogP contribution in [0.15, 0.2) is 66.7 Å². The standard InChI is InChI=1S/C29H30ClFN2O3/c1-18(2)14-27(34)33-13-12-20-10-11-25(17-26(20)28(33)21-6-4-8-23(31)15-21)36-19(3)29(35)32-24-9-5-7-22(30)16-24/h4-11,15-19,28H,12-14H2,1-3H3,(H,32,35)/t19-,28-/m0/s1. The van der Waals surface area contributed by atoms with Crippen molar-refractivity contribution in [1.82, 2.24) is 4.90 Å². The van der Waals surface area contributed by atoms with E-state index in [0.717, 1.165) is 11.1 Å². The van der Waals surface area contributed by atoms with Crippen molar-refractivity contribution < 1.29 is 18.7 Å². The summed E-state index contributed by atoms with van der Waals surface area (Å²) in [6.45, 7) is 6.24. The largest absolute Gasteiger partial charge is 0.481 e. The van der Waals surface area contributed by atoms with E-state index in [9.17, 15) is 14.0 Å². The molecule has 5 nitrogen and oxygen atoms in total. The van der Waals surface area contributed by atoms with Gasteiger partial charge in [-0.3, -0.25) is 9.59 Å². The number of carbonyl (C=O) groups excluding carboxylic acids is 2. The van der Waals surface area contributed by atoms with Crippen LogP contribution in [0.4, 0.5) is 10.1 Å². The summed E-state index contributed by atoms with van der Waals surface area (Å²) in [6.07, 6.45) is 0.325. The summed E-state index contributed by atoms with van der Waals surface area (Å²) in [6, 6.07) is 18.5. The van der Waals surface area contributed by atoms with E-state index in [1.807, 2.05) is 43.0 Å². The molecule has 2 atom stereocenters. The monoisotopic (exact) mass is 508 g/mol. The first kappa shape index (κ1) is 25.7. The normalized spacial score (nSPS) is 15.8. The lowest BCUT2D eigenvalue weighted by molar-refractivity contribution is -0.134. The molecule has 36 heavy (non-hydrogen) atoms. The fourth-order valence-electron chi connectivity index (χ4n) is 4.51. The number of carbonyl (C=O) groups is 2. The van der Waals surface area contributed by atoms with Gasteiger partial charge in [0.1, 0.15) is 11.6 Å². The van der Waals surface area contributed by atoms with Crippen LogP contribution in [-0.2, 0) is 16.0 Å². The summed E-state index contributed by atoms with van der Waals surface area (Å²) in [5.41, 5.74) is 3.24. The van der Waals surface area contributed by atoms with E-state index in [1.165, 1.54) is 12.1 Å². The Kier molecular flexibility index (Phi) is 7.94. The molecule has 1 aliphatic rings. The molecule has 0 fully saturated rings. The van der Waals surface area contributed by atoms with Gasteiger partial charge in [0.15, 0.2) is 6.10 Å². The van der Waals surface area contributed by atoms with Gasteiger partial charge in [-0.2, -0.15) is 0 Å². The highest BCUT2D eigenvalue weighted by molar-refractivity contribution is 6.30. The van der Waals surface area contributed by atoms with Gasteiger partial charge in [0, 0.05) is 23.7 Å². The smallest absolute Gasteiger partial charge is 0.265 e. The van der Waals surface area contributed by atoms with E-state index in [0.29, 0.717) is 41.4 Å². The Morgan fingerprint density at radius 1 is 1.08 bits per heavy atom. The molecule has 4 rings (SSSR count). The first-order chi connectivity index (χ1) is 17.2. The SMILES string of the molecule is CC(C)CC(=O)N1CCc2ccc(O[C@@H](C)C(=O)Nc3cccc(Cl)c3)cc2[C@@H]1c1cccc(F)c1. The molecule has 0 aromatic heterocycles. The van der Waals surface area contributed by atoms with Crippen LogP contribution in [0.3, 0.4) is 0 Å². The van der Waals surface area contributed by atoms with Crippen molar-refractivity contribution in [2.24, 2.45) is 5.92 Å². The number of benzene rings is 3. The maximum atomic E-state index is 14.2. The van der Waals surface area contributed by atoms with Crippen molar-refractivity contribution in [3.63, 3.8) is 0 Å². The molecule has 0 bridgehead atoms. The van der Waals surface area contributed by atoms with Crippen molar-refractivity contribution in [3.05, 3.63) is 94.3 Å². The van der Waals surface area contributed by atoms with Crippen LogP contribution >= 0.6 is 11.6 Å². The molecule has 0 spiro atoms. The highest BCUT2D eigenvalue weighted by Gasteiger charge is 2.33. The number of hydrogen-bond donors (Lipinski definition) is 1. The van der Waals surface area contributed by atoms with Crippen LogP contribution in [0.5, 0.6) is 5.75 Å². The number of hydrogen-bond acceptors (Lipinski definition) is 3. The second-order valence-electron chi connectivity index (χ2n) is 9.51. The fraction of sp³-hybridized carbons (Fsp3) is 0.310. The lowest BCUT2D eigenvalue weighted by Crippen LogP contribution is -2.41. The zero-order chi connectivity index (χ0) is 25.8. The van der Waals surface area contributed by atoms with Gasteiger partial charge >= 0.3 is 0 Å². The predicted octanol–water partition coefficient (Wildman–Crippen LogP) is 6.41. The quantitative estimate of drug-likeness (QED) is 0.401. The molecule has 0 saturated carbocycles. The maximum Gasteiger partial charge on any atom is 0.265 e. The summed E-state index contributed by atoms with van der Waals surface area (Å²) >= 11 is 6.01. The molecule has 2 amide bonds. The summed E-state index contributed by atoms with van der Waals surface area (Å²) < 4.78 is 20.2. The first-order valence-electron chi connectivity index (χ1n) is 12.1. The summed E-state index contributed by atoms with van der Waals surface area (Å²) in [7, 11) is 0. The Morgan fingerprint density at radius 2 is 1.86 bits per heavy atom. The third-order valence-corrected chi connectivity index (χ3v) is 6.42. The number of anilines is 1. The molecule has 0 unspecified atom stereocenters. The zero-order valence-corrected chi connectivity index (χ0v) is 21.4. The minimum atomic E-state index is -0.781. The average molecular weight is 509 g/mol. The third-order valence-electron chi connectivity index (χ3n) is 6.19. The molecule has 3 aromatic rings. The second kappa shape index (κ2) is 11.1. The third kappa shape index (κ3) is 6.05. The molecule has 0 saturated heterocycles. The number of fused-ring (bicyclic) bond motifs is 1. The van der Waals surface area contributed by atoms with Crippen molar-refractivity contribution in [2.75, 3.05) is 11.9 Å². The van der Waals surface area contributed by atoms with Crippen LogP contribution in [0.1, 0.15) is 49.9 Å². The first-order valence-corrected chi connectivity index (χ1v) is 12.5. The van der Waals surface area contributed by atoms with Gasteiger partial charge in [-0.1, -0.05) is 49.7 Å². The Bertz CT molecular complexity index is 1260. The Balaban J connectivity index is 1.61. The van der Waals surface area contributed by atoms with Gasteiger partial charge in [0.2, 0.25) is 5.91 Å². The second-order valence-corrected chi connectivity index (χ2v) is 9.95. The molecule has 1 N–H and O–H groups in total. The maximum absolute atomic E-state index is 14.2. The topological polar surface area (TPSA) is 58.6 Å². The van der Waals surface area contributed by atoms with Gasteiger partial charge in [0.05, 0.1) is 6.04 Å².